The summed E-state index contributed by atoms with van der Waals surface area (Å²) in [7, 11) is 4.03. The van der Waals surface area contributed by atoms with Crippen molar-refractivity contribution in [1.29, 1.82) is 0 Å². The van der Waals surface area contributed by atoms with Crippen molar-refractivity contribution in [3.8, 4) is 0 Å². The second-order valence-corrected chi connectivity index (χ2v) is 4.40. The quantitative estimate of drug-likeness (QED) is 0.674. The standard InChI is InChI=1S/C11H22N2O/c1-12(2)10-13-9-7-5-3-4-6-8-11(13)14/h3-10H2,1-2H3. The first-order chi connectivity index (χ1) is 6.70. The van der Waals surface area contributed by atoms with E-state index in [0.29, 0.717) is 5.91 Å². The van der Waals surface area contributed by atoms with E-state index in [4.69, 9.17) is 0 Å². The van der Waals surface area contributed by atoms with Gasteiger partial charge in [-0.2, -0.15) is 0 Å². The third-order valence-corrected chi connectivity index (χ3v) is 2.62. The Balaban J connectivity index is 2.44. The lowest BCUT2D eigenvalue weighted by molar-refractivity contribution is -0.133. The molecule has 14 heavy (non-hydrogen) atoms. The molecule has 0 spiro atoms. The number of hydrogen-bond acceptors (Lipinski definition) is 2. The van der Waals surface area contributed by atoms with Crippen LogP contribution >= 0.6 is 0 Å². The van der Waals surface area contributed by atoms with E-state index in [1.807, 2.05) is 19.0 Å². The van der Waals surface area contributed by atoms with Gasteiger partial charge < -0.3 is 4.90 Å². The fourth-order valence-corrected chi connectivity index (χ4v) is 1.88. The molecule has 1 saturated heterocycles. The number of hydrogen-bond donors (Lipinski definition) is 0. The Morgan fingerprint density at radius 2 is 1.79 bits per heavy atom. The van der Waals surface area contributed by atoms with Crippen molar-refractivity contribution >= 4 is 5.91 Å². The molecule has 0 aliphatic carbocycles. The van der Waals surface area contributed by atoms with E-state index >= 15 is 0 Å². The topological polar surface area (TPSA) is 23.6 Å². The van der Waals surface area contributed by atoms with Gasteiger partial charge in [0, 0.05) is 13.0 Å². The van der Waals surface area contributed by atoms with Crippen LogP contribution in [0.4, 0.5) is 0 Å². The number of amides is 1. The van der Waals surface area contributed by atoms with Gasteiger partial charge in [-0.15, -0.1) is 0 Å². The first kappa shape index (κ1) is 11.5. The lowest BCUT2D eigenvalue weighted by Crippen LogP contribution is -2.38. The van der Waals surface area contributed by atoms with Gasteiger partial charge in [0.15, 0.2) is 0 Å². The van der Waals surface area contributed by atoms with Crippen LogP contribution in [0.15, 0.2) is 0 Å². The van der Waals surface area contributed by atoms with E-state index < -0.39 is 0 Å². The van der Waals surface area contributed by atoms with Crippen LogP contribution in [-0.4, -0.2) is 43.0 Å². The first-order valence-electron chi connectivity index (χ1n) is 5.62. The van der Waals surface area contributed by atoms with Gasteiger partial charge in [-0.3, -0.25) is 9.69 Å². The fourth-order valence-electron chi connectivity index (χ4n) is 1.88. The lowest BCUT2D eigenvalue weighted by atomic mass is 10.1. The molecule has 3 nitrogen and oxygen atoms in total. The summed E-state index contributed by atoms with van der Waals surface area (Å²) < 4.78 is 0. The Morgan fingerprint density at radius 1 is 1.14 bits per heavy atom. The van der Waals surface area contributed by atoms with Crippen LogP contribution in [0.2, 0.25) is 0 Å². The molecule has 0 radical (unpaired) electrons. The van der Waals surface area contributed by atoms with Crippen LogP contribution in [0.25, 0.3) is 0 Å². The third kappa shape index (κ3) is 4.09. The van der Waals surface area contributed by atoms with Crippen molar-refractivity contribution in [2.75, 3.05) is 27.3 Å². The molecule has 82 valence electrons. The minimum Gasteiger partial charge on any atom is -0.330 e. The zero-order valence-corrected chi connectivity index (χ0v) is 9.46. The van der Waals surface area contributed by atoms with Gasteiger partial charge >= 0.3 is 0 Å². The Labute approximate surface area is 87.1 Å². The normalized spacial score (nSPS) is 20.5. The van der Waals surface area contributed by atoms with Crippen molar-refractivity contribution in [1.82, 2.24) is 9.80 Å². The molecule has 1 rings (SSSR count). The van der Waals surface area contributed by atoms with E-state index in [9.17, 15) is 4.79 Å². The molecule has 1 aliphatic heterocycles. The monoisotopic (exact) mass is 198 g/mol. The van der Waals surface area contributed by atoms with Crippen LogP contribution in [0.3, 0.4) is 0 Å². The van der Waals surface area contributed by atoms with Crippen LogP contribution in [0.5, 0.6) is 0 Å². The summed E-state index contributed by atoms with van der Waals surface area (Å²) >= 11 is 0. The summed E-state index contributed by atoms with van der Waals surface area (Å²) in [6.45, 7) is 1.72. The summed E-state index contributed by atoms with van der Waals surface area (Å²) in [5.41, 5.74) is 0. The van der Waals surface area contributed by atoms with Gasteiger partial charge in [0.2, 0.25) is 5.91 Å². The maximum Gasteiger partial charge on any atom is 0.223 e. The summed E-state index contributed by atoms with van der Waals surface area (Å²) in [5.74, 6) is 0.334. The first-order valence-corrected chi connectivity index (χ1v) is 5.62. The molecule has 0 atom stereocenters. The highest BCUT2D eigenvalue weighted by atomic mass is 16.2. The van der Waals surface area contributed by atoms with Crippen LogP contribution in [0, 0.1) is 0 Å². The number of carbonyl (C=O) groups is 1. The van der Waals surface area contributed by atoms with Gasteiger partial charge in [0.1, 0.15) is 0 Å². The second kappa shape index (κ2) is 6.02. The predicted octanol–water partition coefficient (Wildman–Crippen LogP) is 1.69. The molecular formula is C11H22N2O. The molecule has 0 saturated carbocycles. The van der Waals surface area contributed by atoms with Gasteiger partial charge in [0.25, 0.3) is 0 Å². The van der Waals surface area contributed by atoms with Crippen LogP contribution < -0.4 is 0 Å². The van der Waals surface area contributed by atoms with E-state index in [1.165, 1.54) is 25.7 Å². The Morgan fingerprint density at radius 3 is 2.50 bits per heavy atom. The summed E-state index contributed by atoms with van der Waals surface area (Å²) in [5, 5.41) is 0. The van der Waals surface area contributed by atoms with Crippen LogP contribution in [-0.2, 0) is 4.79 Å². The lowest BCUT2D eigenvalue weighted by Gasteiger charge is -2.25. The highest BCUT2D eigenvalue weighted by Gasteiger charge is 2.14. The van der Waals surface area contributed by atoms with Gasteiger partial charge in [-0.25, -0.2) is 0 Å². The van der Waals surface area contributed by atoms with Crippen molar-refractivity contribution in [2.24, 2.45) is 0 Å². The average Bonchev–Trinajstić information content (AvgIpc) is 2.20. The maximum absolute atomic E-state index is 11.8. The highest BCUT2D eigenvalue weighted by Crippen LogP contribution is 2.11. The van der Waals surface area contributed by atoms with Gasteiger partial charge in [-0.1, -0.05) is 19.3 Å². The van der Waals surface area contributed by atoms with Crippen molar-refractivity contribution in [3.63, 3.8) is 0 Å². The van der Waals surface area contributed by atoms with Crippen molar-refractivity contribution in [3.05, 3.63) is 0 Å². The number of nitrogens with zero attached hydrogens (tertiary/aromatic N) is 2. The molecular weight excluding hydrogens is 176 g/mol. The Bertz CT molecular complexity index is 180. The van der Waals surface area contributed by atoms with E-state index in [0.717, 1.165) is 26.1 Å². The minimum absolute atomic E-state index is 0.334. The van der Waals surface area contributed by atoms with Crippen molar-refractivity contribution in [2.45, 2.75) is 38.5 Å². The zero-order valence-electron chi connectivity index (χ0n) is 9.46. The number of carbonyl (C=O) groups excluding carboxylic acids is 1. The summed E-state index contributed by atoms with van der Waals surface area (Å²) in [6, 6.07) is 0. The SMILES string of the molecule is CN(C)CN1CCCCCCCC1=O. The molecule has 1 aliphatic rings. The molecule has 3 heteroatoms. The molecule has 0 bridgehead atoms. The Hall–Kier alpha value is -0.570. The Kier molecular flexibility index (Phi) is 4.94. The number of rotatable bonds is 2. The molecule has 0 N–H and O–H groups in total. The third-order valence-electron chi connectivity index (χ3n) is 2.62. The zero-order chi connectivity index (χ0) is 10.4. The summed E-state index contributed by atoms with van der Waals surface area (Å²) in [4.78, 5) is 15.8. The van der Waals surface area contributed by atoms with Crippen molar-refractivity contribution < 1.29 is 4.79 Å². The fraction of sp³-hybridized carbons (Fsp3) is 0.909. The smallest absolute Gasteiger partial charge is 0.223 e. The van der Waals surface area contributed by atoms with Gasteiger partial charge in [-0.05, 0) is 26.9 Å². The maximum atomic E-state index is 11.8. The average molecular weight is 198 g/mol. The molecule has 1 fully saturated rings. The van der Waals surface area contributed by atoms with E-state index in [2.05, 4.69) is 4.90 Å². The largest absolute Gasteiger partial charge is 0.330 e. The predicted molar refractivity (Wildman–Crippen MR) is 58.0 cm³/mol. The molecule has 0 aromatic heterocycles. The molecule has 1 amide bonds. The minimum atomic E-state index is 0.334. The molecule has 0 aromatic carbocycles. The molecule has 0 aromatic rings. The van der Waals surface area contributed by atoms with E-state index in [-0.39, 0.29) is 0 Å². The van der Waals surface area contributed by atoms with Gasteiger partial charge in [0.05, 0.1) is 6.67 Å². The van der Waals surface area contributed by atoms with Crippen LogP contribution in [0.1, 0.15) is 38.5 Å². The molecule has 1 heterocycles. The second-order valence-electron chi connectivity index (χ2n) is 4.40. The molecule has 0 unspecified atom stereocenters. The highest BCUT2D eigenvalue weighted by molar-refractivity contribution is 5.76. The van der Waals surface area contributed by atoms with E-state index in [1.54, 1.807) is 0 Å². The summed E-state index contributed by atoms with van der Waals surface area (Å²) in [6.07, 6.45) is 6.78.